The van der Waals surface area contributed by atoms with Crippen LogP contribution in [0.2, 0.25) is 6.32 Å². The van der Waals surface area contributed by atoms with Crippen LogP contribution in [0.1, 0.15) is 41.5 Å². The predicted octanol–water partition coefficient (Wildman–Crippen LogP) is 2.06. The summed E-state index contributed by atoms with van der Waals surface area (Å²) < 4.78 is 11.4. The summed E-state index contributed by atoms with van der Waals surface area (Å²) in [5.74, 6) is 0. The zero-order chi connectivity index (χ0) is 11.4. The van der Waals surface area contributed by atoms with Crippen molar-refractivity contribution in [1.29, 1.82) is 0 Å². The Morgan fingerprint density at radius 1 is 1.00 bits per heavy atom. The van der Waals surface area contributed by atoms with Crippen LogP contribution in [0.4, 0.5) is 0 Å². The van der Waals surface area contributed by atoms with Gasteiger partial charge < -0.3 is 15.0 Å². The summed E-state index contributed by atoms with van der Waals surface area (Å²) >= 11 is 0. The van der Waals surface area contributed by atoms with Crippen LogP contribution in [-0.4, -0.2) is 24.9 Å². The molecular formula is C10H24BNO2. The highest BCUT2D eigenvalue weighted by Gasteiger charge is 2.49. The lowest BCUT2D eigenvalue weighted by molar-refractivity contribution is 0.00578. The summed E-state index contributed by atoms with van der Waals surface area (Å²) in [6.45, 7) is 13.0. The van der Waals surface area contributed by atoms with Crippen LogP contribution < -0.4 is 5.73 Å². The maximum Gasteiger partial charge on any atom is 0.457 e. The Bertz CT molecular complexity index is 156. The van der Waals surface area contributed by atoms with Crippen LogP contribution in [0.3, 0.4) is 0 Å². The molecule has 0 aliphatic carbocycles. The highest BCUT2D eigenvalue weighted by Crippen LogP contribution is 2.37. The topological polar surface area (TPSA) is 44.5 Å². The molecule has 14 heavy (non-hydrogen) atoms. The molecule has 1 rings (SSSR count). The molecule has 0 amide bonds. The molecule has 1 heterocycles. The van der Waals surface area contributed by atoms with Gasteiger partial charge in [0.1, 0.15) is 0 Å². The van der Waals surface area contributed by atoms with Gasteiger partial charge in [0.25, 0.3) is 0 Å². The molecule has 0 saturated carbocycles. The van der Waals surface area contributed by atoms with Gasteiger partial charge in [-0.15, -0.1) is 0 Å². The SMILES string of the molecule is CCB1OC(C)(C)C(C)(C)O1.CCN. The van der Waals surface area contributed by atoms with Gasteiger partial charge in [-0.25, -0.2) is 0 Å². The van der Waals surface area contributed by atoms with Gasteiger partial charge in [0.15, 0.2) is 0 Å². The molecule has 0 aromatic rings. The Morgan fingerprint density at radius 3 is 1.43 bits per heavy atom. The fourth-order valence-electron chi connectivity index (χ4n) is 1.13. The van der Waals surface area contributed by atoms with Gasteiger partial charge in [0.05, 0.1) is 11.2 Å². The number of hydrogen-bond acceptors (Lipinski definition) is 3. The van der Waals surface area contributed by atoms with E-state index in [1.165, 1.54) is 0 Å². The number of hydrogen-bond donors (Lipinski definition) is 1. The molecule has 3 nitrogen and oxygen atoms in total. The molecule has 1 aliphatic rings. The van der Waals surface area contributed by atoms with Crippen molar-refractivity contribution in [2.75, 3.05) is 6.54 Å². The molecule has 84 valence electrons. The lowest BCUT2D eigenvalue weighted by atomic mass is 9.87. The molecule has 0 radical (unpaired) electrons. The van der Waals surface area contributed by atoms with Crippen LogP contribution in [-0.2, 0) is 9.31 Å². The number of nitrogens with two attached hydrogens (primary N) is 1. The predicted molar refractivity (Wildman–Crippen MR) is 61.3 cm³/mol. The van der Waals surface area contributed by atoms with Gasteiger partial charge >= 0.3 is 7.12 Å². The van der Waals surface area contributed by atoms with E-state index >= 15 is 0 Å². The Labute approximate surface area is 88.5 Å². The van der Waals surface area contributed by atoms with E-state index in [0.29, 0.717) is 0 Å². The van der Waals surface area contributed by atoms with Crippen molar-refractivity contribution in [2.24, 2.45) is 5.73 Å². The molecule has 1 saturated heterocycles. The summed E-state index contributed by atoms with van der Waals surface area (Å²) in [5, 5.41) is 0. The molecule has 1 aliphatic heterocycles. The third kappa shape index (κ3) is 3.26. The maximum absolute atomic E-state index is 5.69. The zero-order valence-electron chi connectivity index (χ0n) is 10.4. The normalized spacial score (nSPS) is 22.9. The van der Waals surface area contributed by atoms with Gasteiger partial charge in [-0.1, -0.05) is 13.8 Å². The summed E-state index contributed by atoms with van der Waals surface area (Å²) in [7, 11) is -0.0139. The fourth-order valence-corrected chi connectivity index (χ4v) is 1.13. The second-order valence-corrected chi connectivity index (χ2v) is 4.50. The van der Waals surface area contributed by atoms with Gasteiger partial charge in [-0.05, 0) is 40.6 Å². The molecule has 0 aromatic heterocycles. The van der Waals surface area contributed by atoms with Crippen molar-refractivity contribution in [2.45, 2.75) is 59.1 Å². The van der Waals surface area contributed by atoms with E-state index in [1.54, 1.807) is 0 Å². The van der Waals surface area contributed by atoms with Crippen molar-refractivity contribution in [3.63, 3.8) is 0 Å². The van der Waals surface area contributed by atoms with Crippen LogP contribution >= 0.6 is 0 Å². The summed E-state index contributed by atoms with van der Waals surface area (Å²) in [5.41, 5.74) is 4.53. The lowest BCUT2D eigenvalue weighted by Gasteiger charge is -2.32. The molecular weight excluding hydrogens is 177 g/mol. The molecule has 2 N–H and O–H groups in total. The zero-order valence-corrected chi connectivity index (χ0v) is 10.4. The molecule has 1 fully saturated rings. The van der Waals surface area contributed by atoms with Crippen LogP contribution in [0, 0.1) is 0 Å². The fraction of sp³-hybridized carbons (Fsp3) is 1.00. The standard InChI is InChI=1S/C8H17BO2.C2H7N/c1-6-9-10-7(2,3)8(4,5)11-9;1-2-3/h6H2,1-5H3;2-3H2,1H3. The first kappa shape index (κ1) is 13.9. The van der Waals surface area contributed by atoms with Crippen molar-refractivity contribution in [3.8, 4) is 0 Å². The minimum atomic E-state index is -0.159. The number of rotatable bonds is 1. The molecule has 0 atom stereocenters. The Hall–Kier alpha value is -0.0551. The largest absolute Gasteiger partial charge is 0.457 e. The van der Waals surface area contributed by atoms with E-state index in [0.717, 1.165) is 12.9 Å². The van der Waals surface area contributed by atoms with Crippen LogP contribution in [0.25, 0.3) is 0 Å². The summed E-state index contributed by atoms with van der Waals surface area (Å²) in [4.78, 5) is 0. The maximum atomic E-state index is 5.69. The third-order valence-electron chi connectivity index (χ3n) is 2.64. The van der Waals surface area contributed by atoms with Crippen molar-refractivity contribution < 1.29 is 9.31 Å². The van der Waals surface area contributed by atoms with Crippen molar-refractivity contribution >= 4 is 7.12 Å². The molecule has 4 heteroatoms. The first-order valence-corrected chi connectivity index (χ1v) is 5.36. The van der Waals surface area contributed by atoms with Crippen LogP contribution in [0.5, 0.6) is 0 Å². The summed E-state index contributed by atoms with van der Waals surface area (Å²) in [6.07, 6.45) is 0.923. The van der Waals surface area contributed by atoms with E-state index in [9.17, 15) is 0 Å². The van der Waals surface area contributed by atoms with Gasteiger partial charge in [-0.3, -0.25) is 0 Å². The Balaban J connectivity index is 0.000000500. The van der Waals surface area contributed by atoms with E-state index in [2.05, 4.69) is 34.6 Å². The smallest absolute Gasteiger partial charge is 0.403 e. The first-order valence-electron chi connectivity index (χ1n) is 5.36. The Morgan fingerprint density at radius 2 is 1.29 bits per heavy atom. The second-order valence-electron chi connectivity index (χ2n) is 4.50. The van der Waals surface area contributed by atoms with Gasteiger partial charge in [-0.2, -0.15) is 0 Å². The monoisotopic (exact) mass is 201 g/mol. The average molecular weight is 201 g/mol. The minimum Gasteiger partial charge on any atom is -0.403 e. The van der Waals surface area contributed by atoms with E-state index in [4.69, 9.17) is 15.0 Å². The molecule has 0 bridgehead atoms. The quantitative estimate of drug-likeness (QED) is 0.660. The van der Waals surface area contributed by atoms with Gasteiger partial charge in [0.2, 0.25) is 0 Å². The van der Waals surface area contributed by atoms with Gasteiger partial charge in [0, 0.05) is 0 Å². The Kier molecular flexibility index (Phi) is 5.13. The lowest BCUT2D eigenvalue weighted by Crippen LogP contribution is -2.41. The molecule has 0 unspecified atom stereocenters. The van der Waals surface area contributed by atoms with Crippen LogP contribution in [0.15, 0.2) is 0 Å². The molecule has 0 aromatic carbocycles. The highest BCUT2D eigenvalue weighted by atomic mass is 16.7. The van der Waals surface area contributed by atoms with Crippen molar-refractivity contribution in [3.05, 3.63) is 0 Å². The summed E-state index contributed by atoms with van der Waals surface area (Å²) in [6, 6.07) is 0. The van der Waals surface area contributed by atoms with Crippen molar-refractivity contribution in [1.82, 2.24) is 0 Å². The second kappa shape index (κ2) is 5.15. The van der Waals surface area contributed by atoms with E-state index in [1.807, 2.05) is 6.92 Å². The molecule has 0 spiro atoms. The first-order chi connectivity index (χ1) is 6.30. The third-order valence-corrected chi connectivity index (χ3v) is 2.64. The van der Waals surface area contributed by atoms with E-state index < -0.39 is 0 Å². The average Bonchev–Trinajstić information content (AvgIpc) is 2.23. The van der Waals surface area contributed by atoms with E-state index in [-0.39, 0.29) is 18.3 Å². The minimum absolute atomic E-state index is 0.0139. The highest BCUT2D eigenvalue weighted by molar-refractivity contribution is 6.45.